The molecule has 0 spiro atoms. The van der Waals surface area contributed by atoms with E-state index in [4.69, 9.17) is 9.88 Å². The van der Waals surface area contributed by atoms with Gasteiger partial charge in [0.15, 0.2) is 0 Å². The minimum atomic E-state index is -3.98. The third-order valence-corrected chi connectivity index (χ3v) is 5.21. The van der Waals surface area contributed by atoms with Crippen LogP contribution in [0.4, 0.5) is 0 Å². The van der Waals surface area contributed by atoms with Crippen LogP contribution in [-0.4, -0.2) is 27.2 Å². The zero-order valence-electron chi connectivity index (χ0n) is 13.5. The molecule has 0 atom stereocenters. The van der Waals surface area contributed by atoms with Gasteiger partial charge in [-0.3, -0.25) is 0 Å². The van der Waals surface area contributed by atoms with Gasteiger partial charge in [0.05, 0.1) is 17.1 Å². The summed E-state index contributed by atoms with van der Waals surface area (Å²) in [4.78, 5) is 12.6. The molecule has 2 aromatic carbocycles. The molecular formula is C17H19NO4S2. The lowest BCUT2D eigenvalue weighted by atomic mass is 10.0. The van der Waals surface area contributed by atoms with E-state index >= 15 is 0 Å². The molecule has 2 N–H and O–H groups in total. The van der Waals surface area contributed by atoms with Crippen molar-refractivity contribution in [1.29, 1.82) is 0 Å². The fourth-order valence-electron chi connectivity index (χ4n) is 2.36. The molecule has 5 nitrogen and oxygen atoms in total. The number of benzene rings is 2. The monoisotopic (exact) mass is 365 g/mol. The molecule has 0 fully saturated rings. The van der Waals surface area contributed by atoms with Gasteiger partial charge in [-0.05, 0) is 42.9 Å². The van der Waals surface area contributed by atoms with Crippen molar-refractivity contribution in [1.82, 2.24) is 0 Å². The Balaban J connectivity index is 2.61. The molecule has 0 aromatic heterocycles. The lowest BCUT2D eigenvalue weighted by molar-refractivity contribution is 0.0525. The predicted octanol–water partition coefficient (Wildman–Crippen LogP) is 2.82. The van der Waals surface area contributed by atoms with Crippen molar-refractivity contribution in [2.45, 2.75) is 23.1 Å². The van der Waals surface area contributed by atoms with Gasteiger partial charge in [0.2, 0.25) is 10.0 Å². The average molecular weight is 365 g/mol. The number of sulfonamides is 1. The van der Waals surface area contributed by atoms with E-state index in [0.717, 1.165) is 5.56 Å². The molecule has 24 heavy (non-hydrogen) atoms. The number of carbonyl (C=O) groups excluding carboxylic acids is 1. The summed E-state index contributed by atoms with van der Waals surface area (Å²) >= 11 is 1.37. The van der Waals surface area contributed by atoms with Crippen molar-refractivity contribution in [2.75, 3.05) is 12.9 Å². The predicted molar refractivity (Wildman–Crippen MR) is 94.8 cm³/mol. The highest BCUT2D eigenvalue weighted by molar-refractivity contribution is 7.98. The summed E-state index contributed by atoms with van der Waals surface area (Å²) < 4.78 is 29.1. The van der Waals surface area contributed by atoms with Crippen molar-refractivity contribution >= 4 is 27.8 Å². The van der Waals surface area contributed by atoms with Crippen LogP contribution in [0.15, 0.2) is 52.3 Å². The first kappa shape index (κ1) is 18.5. The van der Waals surface area contributed by atoms with E-state index in [9.17, 15) is 13.2 Å². The second kappa shape index (κ2) is 7.83. The van der Waals surface area contributed by atoms with Crippen LogP contribution in [0.25, 0.3) is 0 Å². The van der Waals surface area contributed by atoms with Crippen LogP contribution >= 0.6 is 11.8 Å². The average Bonchev–Trinajstić information content (AvgIpc) is 2.55. The van der Waals surface area contributed by atoms with E-state index in [1.165, 1.54) is 17.8 Å². The highest BCUT2D eigenvalue weighted by Crippen LogP contribution is 2.30. The molecule has 0 aliphatic heterocycles. The highest BCUT2D eigenvalue weighted by Gasteiger charge is 2.21. The van der Waals surface area contributed by atoms with Crippen molar-refractivity contribution in [3.05, 3.63) is 59.2 Å². The molecule has 0 saturated carbocycles. The molecule has 0 unspecified atom stereocenters. The molecule has 0 bridgehead atoms. The first-order valence-electron chi connectivity index (χ1n) is 7.31. The number of nitrogens with two attached hydrogens (primary N) is 1. The smallest absolute Gasteiger partial charge is 0.338 e. The summed E-state index contributed by atoms with van der Waals surface area (Å²) in [7, 11) is -3.98. The summed E-state index contributed by atoms with van der Waals surface area (Å²) in [5.74, 6) is -0.566. The van der Waals surface area contributed by atoms with Gasteiger partial charge in [-0.15, -0.1) is 11.8 Å². The fourth-order valence-corrected chi connectivity index (χ4v) is 3.92. The van der Waals surface area contributed by atoms with Crippen molar-refractivity contribution in [2.24, 2.45) is 5.14 Å². The van der Waals surface area contributed by atoms with Gasteiger partial charge < -0.3 is 4.74 Å². The van der Waals surface area contributed by atoms with Crippen molar-refractivity contribution in [3.8, 4) is 0 Å². The molecule has 0 aliphatic rings. The van der Waals surface area contributed by atoms with E-state index < -0.39 is 16.0 Å². The molecule has 0 aliphatic carbocycles. The Bertz CT molecular complexity index is 833. The Morgan fingerprint density at radius 1 is 1.21 bits per heavy atom. The van der Waals surface area contributed by atoms with Gasteiger partial charge in [-0.1, -0.05) is 30.3 Å². The Hall–Kier alpha value is -1.83. The lowest BCUT2D eigenvalue weighted by Gasteiger charge is -2.15. The van der Waals surface area contributed by atoms with Gasteiger partial charge >= 0.3 is 5.97 Å². The van der Waals surface area contributed by atoms with Gasteiger partial charge in [0, 0.05) is 4.90 Å². The maximum atomic E-state index is 12.1. The maximum Gasteiger partial charge on any atom is 0.338 e. The first-order valence-corrected chi connectivity index (χ1v) is 10.1. The van der Waals surface area contributed by atoms with Crippen LogP contribution in [-0.2, 0) is 21.2 Å². The first-order chi connectivity index (χ1) is 11.4. The van der Waals surface area contributed by atoms with E-state index in [2.05, 4.69) is 0 Å². The van der Waals surface area contributed by atoms with Crippen molar-refractivity contribution < 1.29 is 17.9 Å². The molecule has 0 amide bonds. The summed E-state index contributed by atoms with van der Waals surface area (Å²) in [5, 5.41) is 5.39. The number of rotatable bonds is 6. The minimum Gasteiger partial charge on any atom is -0.462 e. The lowest BCUT2D eigenvalue weighted by Crippen LogP contribution is -2.17. The fraction of sp³-hybridized carbons (Fsp3) is 0.235. The normalized spacial score (nSPS) is 11.3. The third-order valence-electron chi connectivity index (χ3n) is 3.43. The summed E-state index contributed by atoms with van der Waals surface area (Å²) in [6, 6.07) is 12.4. The molecule has 128 valence electrons. The van der Waals surface area contributed by atoms with Gasteiger partial charge in [-0.25, -0.2) is 18.4 Å². The number of thioether (sulfide) groups is 1. The van der Waals surface area contributed by atoms with Crippen LogP contribution in [0.2, 0.25) is 0 Å². The summed E-state index contributed by atoms with van der Waals surface area (Å²) in [6.07, 6.45) is 2.23. The summed E-state index contributed by atoms with van der Waals surface area (Å²) in [5.41, 5.74) is 1.73. The topological polar surface area (TPSA) is 86.5 Å². The zero-order chi connectivity index (χ0) is 17.7. The maximum absolute atomic E-state index is 12.1. The van der Waals surface area contributed by atoms with Gasteiger partial charge in [0.1, 0.15) is 0 Å². The number of primary sulfonamides is 1. The highest BCUT2D eigenvalue weighted by atomic mass is 32.2. The molecule has 7 heteroatoms. The van der Waals surface area contributed by atoms with Crippen LogP contribution in [0, 0.1) is 0 Å². The third kappa shape index (κ3) is 4.37. The second-order valence-corrected chi connectivity index (χ2v) is 7.46. The summed E-state index contributed by atoms with van der Waals surface area (Å²) in [6.45, 7) is 1.90. The van der Waals surface area contributed by atoms with Gasteiger partial charge in [-0.2, -0.15) is 0 Å². The molecule has 0 radical (unpaired) electrons. The molecule has 2 aromatic rings. The Kier molecular flexibility index (Phi) is 6.04. The van der Waals surface area contributed by atoms with Crippen molar-refractivity contribution in [3.63, 3.8) is 0 Å². The van der Waals surface area contributed by atoms with E-state index in [1.807, 2.05) is 36.6 Å². The number of hydrogen-bond acceptors (Lipinski definition) is 5. The molecule has 0 heterocycles. The largest absolute Gasteiger partial charge is 0.462 e. The Labute approximate surface area is 146 Å². The number of carbonyl (C=O) groups is 1. The Morgan fingerprint density at radius 2 is 1.88 bits per heavy atom. The van der Waals surface area contributed by atoms with Crippen LogP contribution < -0.4 is 5.14 Å². The van der Waals surface area contributed by atoms with E-state index in [1.54, 1.807) is 13.0 Å². The van der Waals surface area contributed by atoms with E-state index in [-0.39, 0.29) is 17.1 Å². The van der Waals surface area contributed by atoms with Crippen LogP contribution in [0.5, 0.6) is 0 Å². The molecule has 2 rings (SSSR count). The Morgan fingerprint density at radius 3 is 2.42 bits per heavy atom. The number of ether oxygens (including phenoxy) is 1. The van der Waals surface area contributed by atoms with Gasteiger partial charge in [0.25, 0.3) is 0 Å². The zero-order valence-corrected chi connectivity index (χ0v) is 15.1. The number of hydrogen-bond donors (Lipinski definition) is 1. The van der Waals surface area contributed by atoms with Crippen LogP contribution in [0.1, 0.15) is 28.4 Å². The van der Waals surface area contributed by atoms with Crippen LogP contribution in [0.3, 0.4) is 0 Å². The quantitative estimate of drug-likeness (QED) is 0.628. The number of esters is 1. The SMILES string of the molecule is CCOC(=O)c1cc(SC)c(Cc2ccccc2)c(S(N)(=O)=O)c1. The standard InChI is InChI=1S/C17H19NO4S2/c1-3-22-17(19)13-10-15(23-2)14(16(11-13)24(18,20)21)9-12-7-5-4-6-8-12/h4-8,10-11H,3,9H2,1-2H3,(H2,18,20,21). The molecular weight excluding hydrogens is 346 g/mol. The minimum absolute atomic E-state index is 0.0405. The van der Waals surface area contributed by atoms with E-state index in [0.29, 0.717) is 16.9 Å². The molecule has 0 saturated heterocycles. The second-order valence-electron chi connectivity index (χ2n) is 5.08.